The molecule has 2 aromatic heterocycles. The molecule has 3 rings (SSSR count). The van der Waals surface area contributed by atoms with Crippen LogP contribution in [-0.4, -0.2) is 26.7 Å². The van der Waals surface area contributed by atoms with Crippen LogP contribution in [0.5, 0.6) is 0 Å². The van der Waals surface area contributed by atoms with E-state index >= 15 is 0 Å². The molecule has 8 heteroatoms. The second kappa shape index (κ2) is 6.95. The van der Waals surface area contributed by atoms with Gasteiger partial charge in [0.2, 0.25) is 5.13 Å². The lowest BCUT2D eigenvalue weighted by Crippen LogP contribution is -2.02. The molecular formula is C14H11ClN4OS2. The first kappa shape index (κ1) is 15.1. The van der Waals surface area contributed by atoms with Gasteiger partial charge >= 0.3 is 0 Å². The Labute approximate surface area is 140 Å². The van der Waals surface area contributed by atoms with E-state index in [1.807, 2.05) is 18.2 Å². The third-order valence-electron chi connectivity index (χ3n) is 2.71. The number of hydrogen-bond donors (Lipinski definition) is 2. The number of thioether (sulfide) groups is 1. The number of Topliss-reactive ketones (excluding diaryl/α,β-unsaturated/α-hetero) is 1. The van der Waals surface area contributed by atoms with Crippen LogP contribution in [0.3, 0.4) is 0 Å². The summed E-state index contributed by atoms with van der Waals surface area (Å²) in [4.78, 5) is 14.8. The molecule has 2 N–H and O–H groups in total. The minimum absolute atomic E-state index is 0.0366. The first-order chi connectivity index (χ1) is 10.7. The van der Waals surface area contributed by atoms with Gasteiger partial charge in [-0.2, -0.15) is 0 Å². The highest BCUT2D eigenvalue weighted by atomic mass is 35.5. The van der Waals surface area contributed by atoms with Gasteiger partial charge in [0.15, 0.2) is 10.1 Å². The predicted octanol–water partition coefficient (Wildman–Crippen LogP) is 4.24. The highest BCUT2D eigenvalue weighted by molar-refractivity contribution is 8.01. The lowest BCUT2D eigenvalue weighted by Gasteiger charge is -2.01. The van der Waals surface area contributed by atoms with Crippen molar-refractivity contribution in [3.8, 4) is 0 Å². The zero-order valence-electron chi connectivity index (χ0n) is 11.2. The maximum atomic E-state index is 11.9. The lowest BCUT2D eigenvalue weighted by atomic mass is 10.3. The van der Waals surface area contributed by atoms with E-state index in [0.717, 1.165) is 10.0 Å². The van der Waals surface area contributed by atoms with Gasteiger partial charge in [-0.05, 0) is 30.3 Å². The van der Waals surface area contributed by atoms with E-state index in [-0.39, 0.29) is 5.78 Å². The van der Waals surface area contributed by atoms with E-state index in [0.29, 0.717) is 21.6 Å². The monoisotopic (exact) mass is 350 g/mol. The molecule has 0 saturated carbocycles. The summed E-state index contributed by atoms with van der Waals surface area (Å²) in [5.41, 5.74) is 1.46. The zero-order valence-corrected chi connectivity index (χ0v) is 13.6. The average molecular weight is 351 g/mol. The van der Waals surface area contributed by atoms with Crippen LogP contribution in [0, 0.1) is 0 Å². The Bertz CT molecular complexity index is 773. The van der Waals surface area contributed by atoms with Crippen LogP contribution in [0.25, 0.3) is 0 Å². The largest absolute Gasteiger partial charge is 0.359 e. The molecule has 0 amide bonds. The van der Waals surface area contributed by atoms with Gasteiger partial charge in [0.25, 0.3) is 0 Å². The van der Waals surface area contributed by atoms with Crippen molar-refractivity contribution in [3.05, 3.63) is 53.3 Å². The van der Waals surface area contributed by atoms with Gasteiger partial charge in [0, 0.05) is 16.9 Å². The second-order valence-electron chi connectivity index (χ2n) is 4.30. The standard InChI is InChI=1S/C14H11ClN4OS2/c15-9-3-1-4-10(7-9)17-13-18-19-14(22-13)21-8-12(20)11-5-2-6-16-11/h1-7,16H,8H2,(H,17,18). The van der Waals surface area contributed by atoms with Crippen LogP contribution in [-0.2, 0) is 0 Å². The fraction of sp³-hybridized carbons (Fsp3) is 0.0714. The second-order valence-corrected chi connectivity index (χ2v) is 6.94. The summed E-state index contributed by atoms with van der Waals surface area (Å²) in [5, 5.41) is 12.6. The molecule has 5 nitrogen and oxygen atoms in total. The minimum Gasteiger partial charge on any atom is -0.359 e. The van der Waals surface area contributed by atoms with Crippen molar-refractivity contribution in [2.75, 3.05) is 11.1 Å². The third kappa shape index (κ3) is 3.88. The van der Waals surface area contributed by atoms with Crippen molar-refractivity contribution in [1.29, 1.82) is 0 Å². The number of anilines is 2. The smallest absolute Gasteiger partial charge is 0.210 e. The topological polar surface area (TPSA) is 70.7 Å². The van der Waals surface area contributed by atoms with Gasteiger partial charge < -0.3 is 10.3 Å². The van der Waals surface area contributed by atoms with Crippen molar-refractivity contribution in [2.45, 2.75) is 4.34 Å². The Morgan fingerprint density at radius 2 is 2.23 bits per heavy atom. The Balaban J connectivity index is 1.58. The number of halogens is 1. The molecule has 1 aromatic carbocycles. The molecule has 3 aromatic rings. The molecule has 0 radical (unpaired) electrons. The fourth-order valence-corrected chi connectivity index (χ4v) is 3.56. The molecule has 0 aliphatic heterocycles. The molecule has 0 aliphatic rings. The molecule has 0 saturated heterocycles. The predicted molar refractivity (Wildman–Crippen MR) is 90.5 cm³/mol. The first-order valence-electron chi connectivity index (χ1n) is 6.36. The molecule has 0 atom stereocenters. The number of carbonyl (C=O) groups is 1. The summed E-state index contributed by atoms with van der Waals surface area (Å²) in [5.74, 6) is 0.362. The maximum Gasteiger partial charge on any atom is 0.210 e. The Kier molecular flexibility index (Phi) is 4.77. The molecule has 0 unspecified atom stereocenters. The number of aromatic nitrogens is 3. The first-order valence-corrected chi connectivity index (χ1v) is 8.54. The molecule has 0 aliphatic carbocycles. The molecule has 0 bridgehead atoms. The highest BCUT2D eigenvalue weighted by Crippen LogP contribution is 2.28. The van der Waals surface area contributed by atoms with E-state index in [4.69, 9.17) is 11.6 Å². The summed E-state index contributed by atoms with van der Waals surface area (Å²) < 4.78 is 0.740. The van der Waals surface area contributed by atoms with Gasteiger partial charge in [-0.1, -0.05) is 40.8 Å². The molecular weight excluding hydrogens is 340 g/mol. The lowest BCUT2D eigenvalue weighted by molar-refractivity contribution is 0.101. The molecule has 22 heavy (non-hydrogen) atoms. The summed E-state index contributed by atoms with van der Waals surface area (Å²) >= 11 is 8.70. The van der Waals surface area contributed by atoms with Gasteiger partial charge in [-0.25, -0.2) is 0 Å². The minimum atomic E-state index is 0.0366. The van der Waals surface area contributed by atoms with E-state index in [9.17, 15) is 4.79 Å². The SMILES string of the molecule is O=C(CSc1nnc(Nc2cccc(Cl)c2)s1)c1ccc[nH]1. The van der Waals surface area contributed by atoms with Crippen LogP contribution in [0.2, 0.25) is 5.02 Å². The molecule has 0 spiro atoms. The number of aromatic amines is 1. The van der Waals surface area contributed by atoms with Crippen LogP contribution in [0.1, 0.15) is 10.5 Å². The van der Waals surface area contributed by atoms with Crippen molar-refractivity contribution >= 4 is 51.3 Å². The van der Waals surface area contributed by atoms with Crippen molar-refractivity contribution in [2.24, 2.45) is 0 Å². The van der Waals surface area contributed by atoms with E-state index in [1.54, 1.807) is 24.4 Å². The quantitative estimate of drug-likeness (QED) is 0.514. The van der Waals surface area contributed by atoms with Gasteiger partial charge in [-0.15, -0.1) is 10.2 Å². The average Bonchev–Trinajstić information content (AvgIpc) is 3.16. The summed E-state index contributed by atoms with van der Waals surface area (Å²) in [6.45, 7) is 0. The summed E-state index contributed by atoms with van der Waals surface area (Å²) in [6, 6.07) is 10.9. The zero-order chi connectivity index (χ0) is 15.4. The Morgan fingerprint density at radius 1 is 1.32 bits per heavy atom. The normalized spacial score (nSPS) is 10.6. The molecule has 0 fully saturated rings. The number of ketones is 1. The molecule has 2 heterocycles. The van der Waals surface area contributed by atoms with Gasteiger partial charge in [0.05, 0.1) is 11.4 Å². The maximum absolute atomic E-state index is 11.9. The Morgan fingerprint density at radius 3 is 3.00 bits per heavy atom. The van der Waals surface area contributed by atoms with Crippen LogP contribution >= 0.6 is 34.7 Å². The number of nitrogens with one attached hydrogen (secondary N) is 2. The van der Waals surface area contributed by atoms with E-state index in [2.05, 4.69) is 20.5 Å². The van der Waals surface area contributed by atoms with Crippen molar-refractivity contribution < 1.29 is 4.79 Å². The number of rotatable bonds is 6. The number of H-pyrrole nitrogens is 1. The van der Waals surface area contributed by atoms with Crippen LogP contribution in [0.15, 0.2) is 46.9 Å². The Hall–Kier alpha value is -1.83. The number of nitrogens with zero attached hydrogens (tertiary/aromatic N) is 2. The molecule has 112 valence electrons. The fourth-order valence-electron chi connectivity index (χ4n) is 1.72. The highest BCUT2D eigenvalue weighted by Gasteiger charge is 2.10. The van der Waals surface area contributed by atoms with Gasteiger partial charge in [0.1, 0.15) is 0 Å². The van der Waals surface area contributed by atoms with Crippen LogP contribution < -0.4 is 5.32 Å². The van der Waals surface area contributed by atoms with Gasteiger partial charge in [-0.3, -0.25) is 4.79 Å². The number of benzene rings is 1. The summed E-state index contributed by atoms with van der Waals surface area (Å²) in [6.07, 6.45) is 1.73. The summed E-state index contributed by atoms with van der Waals surface area (Å²) in [7, 11) is 0. The number of hydrogen-bond acceptors (Lipinski definition) is 6. The van der Waals surface area contributed by atoms with E-state index < -0.39 is 0 Å². The number of carbonyl (C=O) groups excluding carboxylic acids is 1. The third-order valence-corrected chi connectivity index (χ3v) is 4.91. The van der Waals surface area contributed by atoms with Crippen molar-refractivity contribution in [3.63, 3.8) is 0 Å². The van der Waals surface area contributed by atoms with Crippen molar-refractivity contribution in [1.82, 2.24) is 15.2 Å². The van der Waals surface area contributed by atoms with E-state index in [1.165, 1.54) is 23.1 Å². The van der Waals surface area contributed by atoms with Crippen LogP contribution in [0.4, 0.5) is 10.8 Å².